The number of hydrogen-bond donors (Lipinski definition) is 3. The zero-order valence-corrected chi connectivity index (χ0v) is 34.5. The highest BCUT2D eigenvalue weighted by atomic mass is 32.2. The first kappa shape index (κ1) is 41.9. The molecule has 3 N–H and O–H groups in total. The molecule has 1 amide bonds. The normalized spacial score (nSPS) is 19.1. The fourth-order valence-corrected chi connectivity index (χ4v) is 9.91. The van der Waals surface area contributed by atoms with Crippen LogP contribution in [0.2, 0.25) is 0 Å². The highest BCUT2D eigenvalue weighted by molar-refractivity contribution is 7.92. The summed E-state index contributed by atoms with van der Waals surface area (Å²) in [5.41, 5.74) is -1.52. The molecule has 6 aromatic rings. The number of aromatic nitrogens is 6. The summed E-state index contributed by atoms with van der Waals surface area (Å²) in [5, 5.41) is 14.8. The number of para-hydroxylation sites is 1. The lowest BCUT2D eigenvalue weighted by Crippen LogP contribution is -2.38. The molecule has 2 fully saturated rings. The number of amides is 1. The Labute approximate surface area is 352 Å². The van der Waals surface area contributed by atoms with Crippen molar-refractivity contribution < 1.29 is 48.7 Å². The van der Waals surface area contributed by atoms with Gasteiger partial charge in [0.15, 0.2) is 22.3 Å². The predicted octanol–water partition coefficient (Wildman–Crippen LogP) is 6.16. The number of benzene rings is 2. The van der Waals surface area contributed by atoms with Gasteiger partial charge in [0, 0.05) is 67.3 Å². The number of fused-ring (bicyclic) bond motifs is 5. The topological polar surface area (TPSA) is 161 Å². The van der Waals surface area contributed by atoms with E-state index < -0.39 is 81.0 Å². The van der Waals surface area contributed by atoms with Crippen molar-refractivity contribution >= 4 is 59.5 Å². The predicted molar refractivity (Wildman–Crippen MR) is 214 cm³/mol. The van der Waals surface area contributed by atoms with Gasteiger partial charge in [-0.25, -0.2) is 27.2 Å². The van der Waals surface area contributed by atoms with Gasteiger partial charge in [0.05, 0.1) is 41.4 Å². The van der Waals surface area contributed by atoms with Crippen molar-refractivity contribution in [3.8, 4) is 11.1 Å². The summed E-state index contributed by atoms with van der Waals surface area (Å²) >= 11 is 1.28. The summed E-state index contributed by atoms with van der Waals surface area (Å²) < 4.78 is 138. The molecule has 3 atom stereocenters. The fraction of sp³-hybridized carbons (Fsp3) is 0.410. The van der Waals surface area contributed by atoms with Crippen molar-refractivity contribution in [2.45, 2.75) is 43.4 Å². The number of carbonyl (C=O) groups is 1. The van der Waals surface area contributed by atoms with E-state index in [1.54, 1.807) is 31.3 Å². The van der Waals surface area contributed by atoms with Crippen molar-refractivity contribution in [2.75, 3.05) is 55.7 Å². The van der Waals surface area contributed by atoms with Gasteiger partial charge >= 0.3 is 6.18 Å². The molecule has 1 aliphatic heterocycles. The number of nitrogens with zero attached hydrogens (tertiary/aromatic N) is 7. The highest BCUT2D eigenvalue weighted by Crippen LogP contribution is 2.68. The molecular formula is C39H37F7N10O4S2. The minimum atomic E-state index is -5.06. The average Bonchev–Trinajstić information content (AvgIpc) is 3.47. The zero-order valence-electron chi connectivity index (χ0n) is 32.9. The Hall–Kier alpha value is -5.39. The highest BCUT2D eigenvalue weighted by Gasteiger charge is 2.68. The van der Waals surface area contributed by atoms with Crippen LogP contribution < -0.4 is 15.4 Å². The summed E-state index contributed by atoms with van der Waals surface area (Å²) in [6, 6.07) is 8.12. The SMILES string of the molecule is Cn1nc(NS(C)(=O)=O)c2cccc(-c3cc4sc(NCCN5CCOCC5)nc4nc3[C@H](Cc3cc(F)cc(F)c3)NC(=O)Cn3nc(C(F)(F)F)c4c3C(F)(F)[C@@H]3C[C@H]43)c21. The van der Waals surface area contributed by atoms with E-state index in [1.165, 1.54) is 16.0 Å². The van der Waals surface area contributed by atoms with Crippen molar-refractivity contribution in [2.24, 2.45) is 13.0 Å². The Morgan fingerprint density at radius 2 is 1.79 bits per heavy atom. The van der Waals surface area contributed by atoms with Crippen molar-refractivity contribution in [3.63, 3.8) is 0 Å². The number of hydrogen-bond acceptors (Lipinski definition) is 11. The van der Waals surface area contributed by atoms with Crippen LogP contribution in [0.4, 0.5) is 41.7 Å². The minimum Gasteiger partial charge on any atom is -0.379 e. The van der Waals surface area contributed by atoms with E-state index in [1.807, 2.05) is 0 Å². The summed E-state index contributed by atoms with van der Waals surface area (Å²) in [4.78, 5) is 25.9. The number of carbonyl (C=O) groups excluding carboxylic acids is 1. The number of thiazole rings is 1. The van der Waals surface area contributed by atoms with Gasteiger partial charge in [-0.05, 0) is 48.6 Å². The summed E-state index contributed by atoms with van der Waals surface area (Å²) in [6.07, 6.45) is -4.57. The molecule has 328 valence electrons. The Bertz CT molecular complexity index is 2840. The van der Waals surface area contributed by atoms with E-state index in [9.17, 15) is 35.2 Å². The molecule has 9 rings (SSSR count). The second kappa shape index (κ2) is 15.4. The number of pyridine rings is 1. The largest absolute Gasteiger partial charge is 0.435 e. The Kier molecular flexibility index (Phi) is 10.4. The maximum absolute atomic E-state index is 15.5. The molecule has 62 heavy (non-hydrogen) atoms. The fourth-order valence-electron chi connectivity index (χ4n) is 8.53. The third kappa shape index (κ3) is 8.05. The molecule has 0 radical (unpaired) electrons. The number of morpholine rings is 1. The minimum absolute atomic E-state index is 0.0199. The maximum atomic E-state index is 15.5. The number of nitrogens with one attached hydrogen (secondary N) is 3. The molecule has 2 aromatic carbocycles. The summed E-state index contributed by atoms with van der Waals surface area (Å²) in [6.45, 7) is 2.97. The first-order valence-electron chi connectivity index (χ1n) is 19.4. The van der Waals surface area contributed by atoms with Crippen LogP contribution >= 0.6 is 11.3 Å². The number of anilines is 2. The molecule has 0 unspecified atom stereocenters. The van der Waals surface area contributed by atoms with Crippen LogP contribution in [0, 0.1) is 17.6 Å². The van der Waals surface area contributed by atoms with Gasteiger partial charge in [-0.2, -0.15) is 32.1 Å². The monoisotopic (exact) mass is 906 g/mol. The van der Waals surface area contributed by atoms with Crippen molar-refractivity contribution in [3.05, 3.63) is 82.3 Å². The second-order valence-corrected chi connectivity index (χ2v) is 18.4. The van der Waals surface area contributed by atoms with E-state index in [-0.39, 0.29) is 35.6 Å². The third-order valence-corrected chi connectivity index (χ3v) is 12.7. The first-order chi connectivity index (χ1) is 29.3. The molecule has 14 nitrogen and oxygen atoms in total. The zero-order chi connectivity index (χ0) is 43.9. The van der Waals surface area contributed by atoms with Crippen LogP contribution in [0.5, 0.6) is 0 Å². The Balaban J connectivity index is 1.15. The van der Waals surface area contributed by atoms with Crippen LogP contribution in [-0.2, 0) is 51.7 Å². The molecule has 0 bridgehead atoms. The molecular weight excluding hydrogens is 870 g/mol. The van der Waals surface area contributed by atoms with E-state index in [2.05, 4.69) is 30.5 Å². The molecule has 2 aliphatic carbocycles. The van der Waals surface area contributed by atoms with E-state index in [0.717, 1.165) is 31.5 Å². The van der Waals surface area contributed by atoms with Crippen LogP contribution in [0.25, 0.3) is 32.4 Å². The average molecular weight is 907 g/mol. The van der Waals surface area contributed by atoms with Gasteiger partial charge in [-0.15, -0.1) is 0 Å². The van der Waals surface area contributed by atoms with Crippen molar-refractivity contribution in [1.82, 2.24) is 39.7 Å². The van der Waals surface area contributed by atoms with Crippen LogP contribution in [-0.4, -0.2) is 94.4 Å². The Morgan fingerprint density at radius 3 is 2.50 bits per heavy atom. The van der Waals surface area contributed by atoms with Crippen LogP contribution in [0.15, 0.2) is 42.5 Å². The number of rotatable bonds is 13. The van der Waals surface area contributed by atoms with Gasteiger partial charge in [-0.1, -0.05) is 23.5 Å². The lowest BCUT2D eigenvalue weighted by atomic mass is 9.94. The van der Waals surface area contributed by atoms with Crippen LogP contribution in [0.1, 0.15) is 46.6 Å². The van der Waals surface area contributed by atoms with Gasteiger partial charge in [0.2, 0.25) is 15.9 Å². The quantitative estimate of drug-likeness (QED) is 0.115. The number of aryl methyl sites for hydroxylation is 1. The third-order valence-electron chi connectivity index (χ3n) is 11.2. The number of halogens is 7. The first-order valence-corrected chi connectivity index (χ1v) is 22.1. The molecule has 5 heterocycles. The summed E-state index contributed by atoms with van der Waals surface area (Å²) in [5.74, 6) is -8.93. The smallest absolute Gasteiger partial charge is 0.379 e. The number of ether oxygens (including phenoxy) is 1. The van der Waals surface area contributed by atoms with Crippen LogP contribution in [0.3, 0.4) is 0 Å². The molecule has 0 spiro atoms. The van der Waals surface area contributed by atoms with E-state index in [4.69, 9.17) is 14.7 Å². The molecule has 4 aromatic heterocycles. The van der Waals surface area contributed by atoms with Gasteiger partial charge < -0.3 is 15.4 Å². The molecule has 1 saturated carbocycles. The lowest BCUT2D eigenvalue weighted by molar-refractivity contribution is -0.142. The summed E-state index contributed by atoms with van der Waals surface area (Å²) in [7, 11) is -2.20. The van der Waals surface area contributed by atoms with Gasteiger partial charge in [0.25, 0.3) is 5.92 Å². The lowest BCUT2D eigenvalue weighted by Gasteiger charge is -2.26. The number of sulfonamides is 1. The van der Waals surface area contributed by atoms with E-state index >= 15 is 8.78 Å². The maximum Gasteiger partial charge on any atom is 0.435 e. The van der Waals surface area contributed by atoms with Crippen molar-refractivity contribution in [1.29, 1.82) is 0 Å². The van der Waals surface area contributed by atoms with Gasteiger partial charge in [-0.3, -0.25) is 23.8 Å². The van der Waals surface area contributed by atoms with Gasteiger partial charge in [0.1, 0.15) is 23.9 Å². The number of alkyl halides is 5. The molecule has 23 heteroatoms. The molecule has 1 saturated heterocycles. The second-order valence-electron chi connectivity index (χ2n) is 15.6. The van der Waals surface area contributed by atoms with E-state index in [0.29, 0.717) is 68.9 Å². The standard InChI is InChI=1S/C39H37F7N10O4S2/c1-54-32-22(4-3-5-23(32)35(52-54)53-62(2,58)59)24-17-28-36(50-37(61-28)47-6-7-55-8-10-60-11-9-55)49-31(24)27(14-19-12-20(40)15-21(41)13-19)48-29(57)18-56-34-30(33(51-56)39(44,45)46)25-16-26(25)38(34,42)43/h3-5,12-13,15,17,25-27H,6-11,14,16,18H2,1-2H3,(H,48,57)(H,52,53)(H,47,49,50)/t25-,26+,27-/m0/s1. The Morgan fingerprint density at radius 1 is 1.05 bits per heavy atom. The molecule has 3 aliphatic rings.